The van der Waals surface area contributed by atoms with Crippen LogP contribution in [-0.2, 0) is 11.3 Å². The molecule has 0 saturated carbocycles. The first-order valence-corrected chi connectivity index (χ1v) is 5.65. The Balaban J connectivity index is 2.02. The Labute approximate surface area is 96.0 Å². The van der Waals surface area contributed by atoms with Crippen LogP contribution in [0.5, 0.6) is 5.88 Å². The molecule has 1 aliphatic rings. The van der Waals surface area contributed by atoms with Gasteiger partial charge >= 0.3 is 0 Å². The maximum absolute atomic E-state index is 5.73. The first-order chi connectivity index (χ1) is 7.79. The van der Waals surface area contributed by atoms with Gasteiger partial charge < -0.3 is 14.8 Å². The van der Waals surface area contributed by atoms with E-state index in [4.69, 9.17) is 9.47 Å². The number of hydrogen-bond donors (Lipinski definition) is 1. The number of rotatable bonds is 4. The zero-order valence-corrected chi connectivity index (χ0v) is 9.82. The topological polar surface area (TPSA) is 43.4 Å². The van der Waals surface area contributed by atoms with Crippen molar-refractivity contribution in [1.29, 1.82) is 0 Å². The Morgan fingerprint density at radius 1 is 1.56 bits per heavy atom. The molecule has 1 atom stereocenters. The lowest BCUT2D eigenvalue weighted by Crippen LogP contribution is -2.17. The van der Waals surface area contributed by atoms with Crippen LogP contribution in [0.1, 0.15) is 17.7 Å². The fraction of sp³-hybridized carbons (Fsp3) is 0.583. The van der Waals surface area contributed by atoms with Crippen LogP contribution < -0.4 is 10.1 Å². The molecule has 16 heavy (non-hydrogen) atoms. The zero-order chi connectivity index (χ0) is 11.4. The zero-order valence-electron chi connectivity index (χ0n) is 9.82. The van der Waals surface area contributed by atoms with Gasteiger partial charge in [-0.15, -0.1) is 0 Å². The fourth-order valence-electron chi connectivity index (χ4n) is 1.79. The molecule has 0 aliphatic carbocycles. The van der Waals surface area contributed by atoms with Gasteiger partial charge in [0.1, 0.15) is 6.10 Å². The minimum Gasteiger partial charge on any atom is -0.472 e. The monoisotopic (exact) mass is 222 g/mol. The number of ether oxygens (including phenoxy) is 2. The lowest BCUT2D eigenvalue weighted by molar-refractivity contribution is 0.138. The van der Waals surface area contributed by atoms with Crippen LogP contribution in [0.3, 0.4) is 0 Å². The van der Waals surface area contributed by atoms with E-state index in [1.54, 1.807) is 0 Å². The highest BCUT2D eigenvalue weighted by Crippen LogP contribution is 2.16. The quantitative estimate of drug-likeness (QED) is 0.833. The molecule has 1 aliphatic heterocycles. The van der Waals surface area contributed by atoms with Crippen LogP contribution in [0.2, 0.25) is 0 Å². The molecule has 0 aromatic carbocycles. The van der Waals surface area contributed by atoms with Crippen molar-refractivity contribution in [2.75, 3.05) is 20.3 Å². The van der Waals surface area contributed by atoms with Crippen molar-refractivity contribution in [3.63, 3.8) is 0 Å². The van der Waals surface area contributed by atoms with Gasteiger partial charge in [0.05, 0.1) is 13.2 Å². The predicted octanol–water partition coefficient (Wildman–Crippen LogP) is 1.28. The Morgan fingerprint density at radius 3 is 3.06 bits per heavy atom. The van der Waals surface area contributed by atoms with Gasteiger partial charge in [-0.05, 0) is 19.5 Å². The summed E-state index contributed by atoms with van der Waals surface area (Å²) in [5.41, 5.74) is 2.23. The molecule has 1 N–H and O–H groups in total. The molecule has 1 fully saturated rings. The van der Waals surface area contributed by atoms with E-state index in [0.717, 1.165) is 25.3 Å². The van der Waals surface area contributed by atoms with E-state index in [2.05, 4.69) is 16.4 Å². The Bertz CT molecular complexity index is 349. The lowest BCUT2D eigenvalue weighted by Gasteiger charge is -2.12. The van der Waals surface area contributed by atoms with E-state index in [1.165, 1.54) is 5.56 Å². The van der Waals surface area contributed by atoms with Crippen molar-refractivity contribution in [1.82, 2.24) is 10.3 Å². The third-order valence-corrected chi connectivity index (χ3v) is 2.71. The normalized spacial score (nSPS) is 20.0. The van der Waals surface area contributed by atoms with Crippen molar-refractivity contribution < 1.29 is 9.47 Å². The van der Waals surface area contributed by atoms with E-state index < -0.39 is 0 Å². The van der Waals surface area contributed by atoms with E-state index in [1.807, 2.05) is 20.0 Å². The molecule has 1 aromatic heterocycles. The van der Waals surface area contributed by atoms with Gasteiger partial charge in [0.15, 0.2) is 0 Å². The second-order valence-corrected chi connectivity index (χ2v) is 4.03. The van der Waals surface area contributed by atoms with E-state index >= 15 is 0 Å². The van der Waals surface area contributed by atoms with E-state index in [9.17, 15) is 0 Å². The van der Waals surface area contributed by atoms with E-state index in [-0.39, 0.29) is 6.10 Å². The lowest BCUT2D eigenvalue weighted by atomic mass is 10.2. The van der Waals surface area contributed by atoms with Crippen molar-refractivity contribution >= 4 is 0 Å². The van der Waals surface area contributed by atoms with Crippen molar-refractivity contribution in [2.24, 2.45) is 0 Å². The third kappa shape index (κ3) is 2.71. The summed E-state index contributed by atoms with van der Waals surface area (Å²) in [6, 6.07) is 3.99. The van der Waals surface area contributed by atoms with Gasteiger partial charge in [-0.25, -0.2) is 4.98 Å². The number of nitrogens with one attached hydrogen (secondary N) is 1. The summed E-state index contributed by atoms with van der Waals surface area (Å²) in [7, 11) is 1.93. The second-order valence-electron chi connectivity index (χ2n) is 4.03. The number of pyridine rings is 1. The molecule has 88 valence electrons. The molecule has 1 saturated heterocycles. The van der Waals surface area contributed by atoms with Crippen LogP contribution in [0.15, 0.2) is 12.1 Å². The number of nitrogens with zero attached hydrogens (tertiary/aromatic N) is 1. The van der Waals surface area contributed by atoms with Crippen LogP contribution >= 0.6 is 0 Å². The smallest absolute Gasteiger partial charge is 0.213 e. The largest absolute Gasteiger partial charge is 0.472 e. The van der Waals surface area contributed by atoms with Crippen LogP contribution in [0.25, 0.3) is 0 Å². The summed E-state index contributed by atoms with van der Waals surface area (Å²) in [6.45, 7) is 4.32. The fourth-order valence-corrected chi connectivity index (χ4v) is 1.79. The Morgan fingerprint density at radius 2 is 2.44 bits per heavy atom. The predicted molar refractivity (Wildman–Crippen MR) is 61.6 cm³/mol. The number of aromatic nitrogens is 1. The standard InChI is InChI=1S/C12H18N2O2/c1-9-10(7-13-2)3-4-12(14-9)16-11-5-6-15-8-11/h3-4,11,13H,5-8H2,1-2H3. The second kappa shape index (κ2) is 5.27. The van der Waals surface area contributed by atoms with Gasteiger partial charge in [0, 0.05) is 24.7 Å². The van der Waals surface area contributed by atoms with Gasteiger partial charge in [-0.2, -0.15) is 0 Å². The minimum absolute atomic E-state index is 0.169. The Hall–Kier alpha value is -1.13. The van der Waals surface area contributed by atoms with Crippen LogP contribution in [0, 0.1) is 6.92 Å². The SMILES string of the molecule is CNCc1ccc(OC2CCOC2)nc1C. The summed E-state index contributed by atoms with van der Waals surface area (Å²) >= 11 is 0. The number of hydrogen-bond acceptors (Lipinski definition) is 4. The van der Waals surface area contributed by atoms with Gasteiger partial charge in [0.2, 0.25) is 5.88 Å². The molecule has 0 bridgehead atoms. The highest BCUT2D eigenvalue weighted by molar-refractivity contribution is 5.25. The average molecular weight is 222 g/mol. The molecular formula is C12H18N2O2. The minimum atomic E-state index is 0.169. The summed E-state index contributed by atoms with van der Waals surface area (Å²) in [6.07, 6.45) is 1.13. The Kier molecular flexibility index (Phi) is 3.74. The third-order valence-electron chi connectivity index (χ3n) is 2.71. The summed E-state index contributed by atoms with van der Waals surface area (Å²) in [5, 5.41) is 3.12. The molecule has 2 rings (SSSR count). The number of aryl methyl sites for hydroxylation is 1. The van der Waals surface area contributed by atoms with Crippen LogP contribution in [-0.4, -0.2) is 31.3 Å². The van der Waals surface area contributed by atoms with Gasteiger partial charge in [-0.3, -0.25) is 0 Å². The average Bonchev–Trinajstić information content (AvgIpc) is 2.75. The highest BCUT2D eigenvalue weighted by Gasteiger charge is 2.17. The molecule has 0 amide bonds. The first kappa shape index (κ1) is 11.4. The maximum atomic E-state index is 5.73. The molecule has 1 unspecified atom stereocenters. The maximum Gasteiger partial charge on any atom is 0.213 e. The molecular weight excluding hydrogens is 204 g/mol. The summed E-state index contributed by atoms with van der Waals surface area (Å²) in [5.74, 6) is 0.702. The van der Waals surface area contributed by atoms with Crippen molar-refractivity contribution in [3.8, 4) is 5.88 Å². The molecule has 0 radical (unpaired) electrons. The van der Waals surface area contributed by atoms with E-state index in [0.29, 0.717) is 12.5 Å². The van der Waals surface area contributed by atoms with Gasteiger partial charge in [-0.1, -0.05) is 6.07 Å². The molecule has 2 heterocycles. The molecule has 0 spiro atoms. The summed E-state index contributed by atoms with van der Waals surface area (Å²) in [4.78, 5) is 4.44. The highest BCUT2D eigenvalue weighted by atomic mass is 16.5. The van der Waals surface area contributed by atoms with Crippen LogP contribution in [0.4, 0.5) is 0 Å². The van der Waals surface area contributed by atoms with Crippen molar-refractivity contribution in [2.45, 2.75) is 26.0 Å². The molecule has 4 heteroatoms. The van der Waals surface area contributed by atoms with Crippen molar-refractivity contribution in [3.05, 3.63) is 23.4 Å². The molecule has 4 nitrogen and oxygen atoms in total. The molecule has 1 aromatic rings. The first-order valence-electron chi connectivity index (χ1n) is 5.65. The van der Waals surface area contributed by atoms with Gasteiger partial charge in [0.25, 0.3) is 0 Å². The summed E-state index contributed by atoms with van der Waals surface area (Å²) < 4.78 is 11.0.